The molecular formula is C15H19FN2O. The van der Waals surface area contributed by atoms with Gasteiger partial charge in [-0.1, -0.05) is 0 Å². The number of piperidine rings is 1. The van der Waals surface area contributed by atoms with Gasteiger partial charge in [0.05, 0.1) is 0 Å². The van der Waals surface area contributed by atoms with Crippen LogP contribution in [-0.2, 0) is 4.79 Å². The summed E-state index contributed by atoms with van der Waals surface area (Å²) in [5.74, 6) is 0.0593. The number of rotatable bonds is 2. The number of anilines is 1. The zero-order valence-electron chi connectivity index (χ0n) is 11.2. The van der Waals surface area contributed by atoms with Gasteiger partial charge < -0.3 is 10.2 Å². The summed E-state index contributed by atoms with van der Waals surface area (Å²) in [7, 11) is 1.78. The summed E-state index contributed by atoms with van der Waals surface area (Å²) < 4.78 is 12.9. The zero-order chi connectivity index (χ0) is 13.5. The number of halogens is 1. The predicted molar refractivity (Wildman–Crippen MR) is 72.5 cm³/mol. The summed E-state index contributed by atoms with van der Waals surface area (Å²) in [5, 5.41) is 3.34. The second-order valence-electron chi connectivity index (χ2n) is 5.74. The third-order valence-corrected chi connectivity index (χ3v) is 4.63. The number of benzene rings is 1. The maximum absolute atomic E-state index is 12.9. The van der Waals surface area contributed by atoms with Crippen LogP contribution < -0.4 is 10.2 Å². The van der Waals surface area contributed by atoms with Gasteiger partial charge in [-0.3, -0.25) is 4.79 Å². The molecule has 4 heteroatoms. The monoisotopic (exact) mass is 262 g/mol. The van der Waals surface area contributed by atoms with Crippen LogP contribution in [0.25, 0.3) is 0 Å². The van der Waals surface area contributed by atoms with Gasteiger partial charge in [-0.15, -0.1) is 0 Å². The summed E-state index contributed by atoms with van der Waals surface area (Å²) in [6.07, 6.45) is 3.21. The minimum atomic E-state index is -0.272. The van der Waals surface area contributed by atoms with E-state index < -0.39 is 0 Å². The van der Waals surface area contributed by atoms with E-state index in [0.29, 0.717) is 0 Å². The van der Waals surface area contributed by atoms with Crippen molar-refractivity contribution < 1.29 is 9.18 Å². The van der Waals surface area contributed by atoms with Crippen LogP contribution in [0.2, 0.25) is 0 Å². The molecule has 2 fully saturated rings. The maximum atomic E-state index is 12.9. The molecule has 1 atom stereocenters. The summed E-state index contributed by atoms with van der Waals surface area (Å²) >= 11 is 0. The van der Waals surface area contributed by atoms with Crippen molar-refractivity contribution in [2.75, 3.05) is 25.0 Å². The van der Waals surface area contributed by atoms with Gasteiger partial charge in [0.15, 0.2) is 0 Å². The van der Waals surface area contributed by atoms with Crippen molar-refractivity contribution in [3.63, 3.8) is 0 Å². The van der Waals surface area contributed by atoms with Crippen molar-refractivity contribution in [2.45, 2.75) is 19.3 Å². The highest BCUT2D eigenvalue weighted by molar-refractivity contribution is 5.96. The number of carbonyl (C=O) groups is 1. The Labute approximate surface area is 112 Å². The number of nitrogens with one attached hydrogen (secondary N) is 1. The summed E-state index contributed by atoms with van der Waals surface area (Å²) in [5.41, 5.74) is 1.01. The van der Waals surface area contributed by atoms with Crippen molar-refractivity contribution in [1.29, 1.82) is 0 Å². The molecule has 1 unspecified atom stereocenters. The van der Waals surface area contributed by atoms with Crippen molar-refractivity contribution >= 4 is 11.6 Å². The van der Waals surface area contributed by atoms with E-state index in [4.69, 9.17) is 0 Å². The first-order chi connectivity index (χ1) is 9.12. The zero-order valence-corrected chi connectivity index (χ0v) is 11.2. The highest BCUT2D eigenvalue weighted by Gasteiger charge is 2.58. The van der Waals surface area contributed by atoms with Gasteiger partial charge in [0.2, 0.25) is 5.91 Å². The Hall–Kier alpha value is -1.42. The van der Waals surface area contributed by atoms with Crippen LogP contribution in [0.15, 0.2) is 24.3 Å². The SMILES string of the molecule is CN(C(=O)C1CC12CCNCC2)c1ccc(F)cc1. The van der Waals surface area contributed by atoms with Crippen LogP contribution in [0.5, 0.6) is 0 Å². The molecule has 1 aromatic rings. The second-order valence-corrected chi connectivity index (χ2v) is 5.74. The van der Waals surface area contributed by atoms with E-state index in [2.05, 4.69) is 5.32 Å². The van der Waals surface area contributed by atoms with Gasteiger partial charge in [0.25, 0.3) is 0 Å². The number of amides is 1. The van der Waals surface area contributed by atoms with Gasteiger partial charge in [0.1, 0.15) is 5.82 Å². The Bertz CT molecular complexity index is 479. The van der Waals surface area contributed by atoms with Crippen LogP contribution in [0.4, 0.5) is 10.1 Å². The van der Waals surface area contributed by atoms with Crippen molar-refractivity contribution in [3.05, 3.63) is 30.1 Å². The first-order valence-corrected chi connectivity index (χ1v) is 6.86. The number of hydrogen-bond acceptors (Lipinski definition) is 2. The van der Waals surface area contributed by atoms with E-state index in [1.165, 1.54) is 12.1 Å². The highest BCUT2D eigenvalue weighted by Crippen LogP contribution is 2.59. The topological polar surface area (TPSA) is 32.3 Å². The molecule has 0 aromatic heterocycles. The summed E-state index contributed by atoms with van der Waals surface area (Å²) in [4.78, 5) is 14.1. The van der Waals surface area contributed by atoms with Gasteiger partial charge in [-0.2, -0.15) is 0 Å². The molecule has 1 aromatic carbocycles. The van der Waals surface area contributed by atoms with E-state index in [-0.39, 0.29) is 23.1 Å². The molecule has 1 saturated heterocycles. The lowest BCUT2D eigenvalue weighted by Gasteiger charge is -2.25. The lowest BCUT2D eigenvalue weighted by molar-refractivity contribution is -0.120. The van der Waals surface area contributed by atoms with Gasteiger partial charge in [0, 0.05) is 18.7 Å². The average Bonchev–Trinajstić information content (AvgIpc) is 3.12. The van der Waals surface area contributed by atoms with Crippen LogP contribution in [0.3, 0.4) is 0 Å². The number of hydrogen-bond donors (Lipinski definition) is 1. The van der Waals surface area contributed by atoms with Gasteiger partial charge in [-0.05, 0) is 62.0 Å². The minimum absolute atomic E-state index is 0.157. The number of carbonyl (C=O) groups excluding carboxylic acids is 1. The van der Waals surface area contributed by atoms with E-state index in [1.54, 1.807) is 24.1 Å². The third-order valence-electron chi connectivity index (χ3n) is 4.63. The van der Waals surface area contributed by atoms with Crippen molar-refractivity contribution in [2.24, 2.45) is 11.3 Å². The molecule has 1 spiro atoms. The molecule has 102 valence electrons. The normalized spacial score (nSPS) is 24.2. The summed E-state index contributed by atoms with van der Waals surface area (Å²) in [6, 6.07) is 6.11. The van der Waals surface area contributed by atoms with Crippen molar-refractivity contribution in [1.82, 2.24) is 5.32 Å². The minimum Gasteiger partial charge on any atom is -0.317 e. The Morgan fingerprint density at radius 1 is 1.32 bits per heavy atom. The van der Waals surface area contributed by atoms with E-state index in [0.717, 1.165) is 38.0 Å². The average molecular weight is 262 g/mol. The Kier molecular flexibility index (Phi) is 3.05. The van der Waals surface area contributed by atoms with E-state index >= 15 is 0 Å². The fraction of sp³-hybridized carbons (Fsp3) is 0.533. The lowest BCUT2D eigenvalue weighted by Crippen LogP contribution is -2.34. The lowest BCUT2D eigenvalue weighted by atomic mass is 9.91. The van der Waals surface area contributed by atoms with Crippen LogP contribution in [-0.4, -0.2) is 26.0 Å². The Balaban J connectivity index is 1.69. The van der Waals surface area contributed by atoms with E-state index in [9.17, 15) is 9.18 Å². The van der Waals surface area contributed by atoms with Gasteiger partial charge >= 0.3 is 0 Å². The number of nitrogens with zero attached hydrogens (tertiary/aromatic N) is 1. The molecule has 2 aliphatic rings. The fourth-order valence-electron chi connectivity index (χ4n) is 3.20. The molecule has 0 radical (unpaired) electrons. The quantitative estimate of drug-likeness (QED) is 0.886. The smallest absolute Gasteiger partial charge is 0.230 e. The molecule has 3 rings (SSSR count). The predicted octanol–water partition coefficient (Wildman–Crippen LogP) is 2.18. The standard InChI is InChI=1S/C15H19FN2O/c1-18(12-4-2-11(16)3-5-12)14(19)13-10-15(13)6-8-17-9-7-15/h2-5,13,17H,6-10H2,1H3. The largest absolute Gasteiger partial charge is 0.317 e. The molecule has 1 amide bonds. The third kappa shape index (κ3) is 2.25. The maximum Gasteiger partial charge on any atom is 0.230 e. The van der Waals surface area contributed by atoms with Crippen LogP contribution in [0, 0.1) is 17.2 Å². The van der Waals surface area contributed by atoms with E-state index in [1.807, 2.05) is 0 Å². The molecular weight excluding hydrogens is 243 g/mol. The highest BCUT2D eigenvalue weighted by atomic mass is 19.1. The molecule has 3 nitrogen and oxygen atoms in total. The van der Waals surface area contributed by atoms with Gasteiger partial charge in [-0.25, -0.2) is 4.39 Å². The summed E-state index contributed by atoms with van der Waals surface area (Å²) in [6.45, 7) is 2.04. The molecule has 0 bridgehead atoms. The molecule has 1 heterocycles. The Morgan fingerprint density at radius 2 is 1.95 bits per heavy atom. The van der Waals surface area contributed by atoms with Crippen LogP contribution >= 0.6 is 0 Å². The molecule has 1 saturated carbocycles. The first kappa shape index (κ1) is 12.6. The fourth-order valence-corrected chi connectivity index (χ4v) is 3.20. The molecule has 1 aliphatic heterocycles. The molecule has 19 heavy (non-hydrogen) atoms. The first-order valence-electron chi connectivity index (χ1n) is 6.86. The second kappa shape index (κ2) is 4.60. The molecule has 1 aliphatic carbocycles. The molecule has 1 N–H and O–H groups in total. The van der Waals surface area contributed by atoms with Crippen LogP contribution in [0.1, 0.15) is 19.3 Å². The Morgan fingerprint density at radius 3 is 2.58 bits per heavy atom. The van der Waals surface area contributed by atoms with Crippen molar-refractivity contribution in [3.8, 4) is 0 Å².